The van der Waals surface area contributed by atoms with E-state index in [1.165, 1.54) is 0 Å². The Balaban J connectivity index is 1.86. The van der Waals surface area contributed by atoms with Gasteiger partial charge in [-0.3, -0.25) is 0 Å². The lowest BCUT2D eigenvalue weighted by atomic mass is 10.2. The van der Waals surface area contributed by atoms with Gasteiger partial charge in [0, 0.05) is 27.8 Å². The number of aromatic nitrogens is 2. The monoisotopic (exact) mass is 340 g/mol. The summed E-state index contributed by atoms with van der Waals surface area (Å²) in [4.78, 5) is 9.09. The van der Waals surface area contributed by atoms with Crippen molar-refractivity contribution in [1.82, 2.24) is 9.97 Å². The zero-order valence-corrected chi connectivity index (χ0v) is 13.7. The average Bonchev–Trinajstić information content (AvgIpc) is 2.99. The third-order valence-electron chi connectivity index (χ3n) is 2.76. The van der Waals surface area contributed by atoms with Gasteiger partial charge in [0.25, 0.3) is 0 Å². The number of halogens is 2. The van der Waals surface area contributed by atoms with Crippen molar-refractivity contribution < 1.29 is 0 Å². The molecule has 0 unspecified atom stereocenters. The Morgan fingerprint density at radius 2 is 1.95 bits per heavy atom. The number of rotatable bonds is 3. The summed E-state index contributed by atoms with van der Waals surface area (Å²) in [5.41, 5.74) is 2.86. The van der Waals surface area contributed by atoms with Crippen LogP contribution in [0.4, 0.5) is 0 Å². The first kappa shape index (κ1) is 14.0. The minimum atomic E-state index is 0.624. The number of nitrogens with zero attached hydrogens (tertiary/aromatic N) is 2. The summed E-state index contributed by atoms with van der Waals surface area (Å²) in [6, 6.07) is 5.46. The molecule has 0 fully saturated rings. The van der Waals surface area contributed by atoms with Crippen molar-refractivity contribution in [2.45, 2.75) is 13.3 Å². The Morgan fingerprint density at radius 1 is 1.10 bits per heavy atom. The van der Waals surface area contributed by atoms with Gasteiger partial charge in [-0.2, -0.15) is 0 Å². The second-order valence-electron chi connectivity index (χ2n) is 4.29. The topological polar surface area (TPSA) is 25.8 Å². The first-order chi connectivity index (χ1) is 9.61. The summed E-state index contributed by atoms with van der Waals surface area (Å²) in [7, 11) is 0. The van der Waals surface area contributed by atoms with Gasteiger partial charge in [-0.05, 0) is 25.1 Å². The highest BCUT2D eigenvalue weighted by Crippen LogP contribution is 2.31. The summed E-state index contributed by atoms with van der Waals surface area (Å²) in [5, 5.41) is 7.47. The van der Waals surface area contributed by atoms with Crippen LogP contribution in [0.25, 0.3) is 11.3 Å². The molecule has 0 aliphatic rings. The molecular weight excluding hydrogens is 331 g/mol. The van der Waals surface area contributed by atoms with Crippen LogP contribution < -0.4 is 0 Å². The van der Waals surface area contributed by atoms with Crippen molar-refractivity contribution in [3.05, 3.63) is 54.7 Å². The molecule has 20 heavy (non-hydrogen) atoms. The van der Waals surface area contributed by atoms with Crippen LogP contribution in [0.1, 0.15) is 15.7 Å². The largest absolute Gasteiger partial charge is 0.246 e. The highest BCUT2D eigenvalue weighted by Gasteiger charge is 2.10. The number of hydrogen-bond acceptors (Lipinski definition) is 4. The fourth-order valence-electron chi connectivity index (χ4n) is 1.86. The molecule has 0 amide bonds. The zero-order chi connectivity index (χ0) is 14.1. The highest BCUT2D eigenvalue weighted by atomic mass is 35.5. The molecular formula is C14H10Cl2N2S2. The number of hydrogen-bond donors (Lipinski definition) is 0. The number of benzene rings is 1. The van der Waals surface area contributed by atoms with Crippen molar-refractivity contribution in [1.29, 1.82) is 0 Å². The predicted molar refractivity (Wildman–Crippen MR) is 87.2 cm³/mol. The van der Waals surface area contributed by atoms with Gasteiger partial charge in [0.2, 0.25) is 0 Å². The van der Waals surface area contributed by atoms with Gasteiger partial charge >= 0.3 is 0 Å². The van der Waals surface area contributed by atoms with Crippen molar-refractivity contribution in [3.63, 3.8) is 0 Å². The van der Waals surface area contributed by atoms with Crippen molar-refractivity contribution >= 4 is 45.9 Å². The highest BCUT2D eigenvalue weighted by molar-refractivity contribution is 7.10. The summed E-state index contributed by atoms with van der Waals surface area (Å²) in [6.07, 6.45) is 0.764. The van der Waals surface area contributed by atoms with Crippen LogP contribution >= 0.6 is 45.9 Å². The smallest absolute Gasteiger partial charge is 0.0992 e. The van der Waals surface area contributed by atoms with Crippen LogP contribution in [0, 0.1) is 6.92 Å². The molecule has 0 saturated heterocycles. The van der Waals surface area contributed by atoms with E-state index < -0.39 is 0 Å². The summed E-state index contributed by atoms with van der Waals surface area (Å²) in [5.74, 6) is 0. The molecule has 0 atom stereocenters. The van der Waals surface area contributed by atoms with E-state index in [1.807, 2.05) is 24.4 Å². The van der Waals surface area contributed by atoms with E-state index in [2.05, 4.69) is 15.3 Å². The predicted octanol–water partition coefficient (Wildman–Crippen LogP) is 5.47. The molecule has 1 aromatic carbocycles. The van der Waals surface area contributed by atoms with Crippen molar-refractivity contribution in [2.24, 2.45) is 0 Å². The van der Waals surface area contributed by atoms with Gasteiger partial charge in [-0.25, -0.2) is 9.97 Å². The molecule has 3 aromatic rings. The molecule has 0 bridgehead atoms. The number of aryl methyl sites for hydroxylation is 1. The van der Waals surface area contributed by atoms with E-state index in [1.54, 1.807) is 28.7 Å². The van der Waals surface area contributed by atoms with Crippen LogP contribution in [-0.4, -0.2) is 9.97 Å². The summed E-state index contributed by atoms with van der Waals surface area (Å²) < 4.78 is 0. The summed E-state index contributed by atoms with van der Waals surface area (Å²) in [6.45, 7) is 2.01. The molecule has 0 aliphatic heterocycles. The van der Waals surface area contributed by atoms with Gasteiger partial charge in [0.05, 0.1) is 26.4 Å². The first-order valence-electron chi connectivity index (χ1n) is 5.92. The zero-order valence-electron chi connectivity index (χ0n) is 10.6. The molecule has 2 aromatic heterocycles. The molecule has 6 heteroatoms. The fourth-order valence-corrected chi connectivity index (χ4v) is 3.78. The van der Waals surface area contributed by atoms with Gasteiger partial charge < -0.3 is 0 Å². The second-order valence-corrected chi connectivity index (χ2v) is 7.13. The Kier molecular flexibility index (Phi) is 4.08. The fraction of sp³-hybridized carbons (Fsp3) is 0.143. The molecule has 0 saturated carbocycles. The Hall–Kier alpha value is -0.940. The van der Waals surface area contributed by atoms with Crippen LogP contribution in [-0.2, 0) is 6.42 Å². The molecule has 2 nitrogen and oxygen atoms in total. The molecule has 0 spiro atoms. The lowest BCUT2D eigenvalue weighted by Crippen LogP contribution is -1.88. The van der Waals surface area contributed by atoms with E-state index in [-0.39, 0.29) is 0 Å². The van der Waals surface area contributed by atoms with Crippen LogP contribution in [0.15, 0.2) is 29.0 Å². The van der Waals surface area contributed by atoms with Gasteiger partial charge in [-0.15, -0.1) is 22.7 Å². The maximum absolute atomic E-state index is 6.21. The minimum absolute atomic E-state index is 0.624. The maximum Gasteiger partial charge on any atom is 0.0992 e. The lowest BCUT2D eigenvalue weighted by Gasteiger charge is -2.00. The third kappa shape index (κ3) is 3.04. The Labute approximate surface area is 135 Å². The first-order valence-corrected chi connectivity index (χ1v) is 8.44. The molecule has 2 heterocycles. The number of thiazole rings is 2. The van der Waals surface area contributed by atoms with E-state index in [0.717, 1.165) is 33.4 Å². The van der Waals surface area contributed by atoms with Crippen molar-refractivity contribution in [2.75, 3.05) is 0 Å². The SMILES string of the molecule is Cc1nc(Cc2nc(-c3ccc(Cl)cc3Cl)cs2)cs1. The Bertz CT molecular complexity index is 749. The van der Waals surface area contributed by atoms with Crippen molar-refractivity contribution in [3.8, 4) is 11.3 Å². The van der Waals surface area contributed by atoms with Gasteiger partial charge in [-0.1, -0.05) is 23.2 Å². The lowest BCUT2D eigenvalue weighted by molar-refractivity contribution is 1.06. The van der Waals surface area contributed by atoms with Crippen LogP contribution in [0.3, 0.4) is 0 Å². The molecule has 3 rings (SSSR count). The third-order valence-corrected chi connectivity index (χ3v) is 4.98. The van der Waals surface area contributed by atoms with Crippen LogP contribution in [0.2, 0.25) is 10.0 Å². The van der Waals surface area contributed by atoms with Gasteiger partial charge in [0.15, 0.2) is 0 Å². The molecule has 0 aliphatic carbocycles. The van der Waals surface area contributed by atoms with E-state index in [0.29, 0.717) is 10.0 Å². The van der Waals surface area contributed by atoms with E-state index >= 15 is 0 Å². The molecule has 102 valence electrons. The maximum atomic E-state index is 6.21. The minimum Gasteiger partial charge on any atom is -0.246 e. The van der Waals surface area contributed by atoms with E-state index in [4.69, 9.17) is 23.2 Å². The summed E-state index contributed by atoms with van der Waals surface area (Å²) >= 11 is 15.4. The van der Waals surface area contributed by atoms with E-state index in [9.17, 15) is 0 Å². The standard InChI is InChI=1S/C14H10Cl2N2S2/c1-8-17-10(6-19-8)5-14-18-13(7-20-14)11-3-2-9(15)4-12(11)16/h2-4,6-7H,5H2,1H3. The van der Waals surface area contributed by atoms with Crippen LogP contribution in [0.5, 0.6) is 0 Å². The molecule has 0 N–H and O–H groups in total. The average molecular weight is 341 g/mol. The molecule has 0 radical (unpaired) electrons. The quantitative estimate of drug-likeness (QED) is 0.631. The Morgan fingerprint density at radius 3 is 2.65 bits per heavy atom. The second kappa shape index (κ2) is 5.82. The van der Waals surface area contributed by atoms with Gasteiger partial charge in [0.1, 0.15) is 0 Å². The normalized spacial score (nSPS) is 10.9.